The van der Waals surface area contributed by atoms with E-state index in [-0.39, 0.29) is 12.0 Å². The molecule has 1 saturated heterocycles. The van der Waals surface area contributed by atoms with E-state index in [1.165, 1.54) is 20.0 Å². The van der Waals surface area contributed by atoms with Gasteiger partial charge in [0.2, 0.25) is 0 Å². The van der Waals surface area contributed by atoms with E-state index in [0.29, 0.717) is 12.1 Å². The molecule has 116 valence electrons. The molecule has 20 heavy (non-hydrogen) atoms. The number of carbonyl (C=O) groups excluding carboxylic acids is 1. The third-order valence-electron chi connectivity index (χ3n) is 4.17. The van der Waals surface area contributed by atoms with Gasteiger partial charge in [0.15, 0.2) is 0 Å². The fraction of sp³-hybridized carbons (Fsp3) is 0.933. The second kappa shape index (κ2) is 7.96. The number of methoxy groups -OCH3 is 1. The van der Waals surface area contributed by atoms with Crippen molar-refractivity contribution in [3.63, 3.8) is 0 Å². The normalized spacial score (nSPS) is 22.7. The summed E-state index contributed by atoms with van der Waals surface area (Å²) < 4.78 is 10.6. The Hall–Kier alpha value is -0.650. The Labute approximate surface area is 122 Å². The van der Waals surface area contributed by atoms with Gasteiger partial charge in [-0.05, 0) is 39.0 Å². The van der Waals surface area contributed by atoms with E-state index in [2.05, 4.69) is 17.1 Å². The summed E-state index contributed by atoms with van der Waals surface area (Å²) in [6, 6.07) is 0.389. The van der Waals surface area contributed by atoms with E-state index in [1.54, 1.807) is 0 Å². The molecule has 5 heteroatoms. The molecule has 1 aliphatic carbocycles. The maximum absolute atomic E-state index is 11.8. The zero-order valence-electron chi connectivity index (χ0n) is 12.8. The highest BCUT2D eigenvalue weighted by Crippen LogP contribution is 2.21. The lowest BCUT2D eigenvalue weighted by Crippen LogP contribution is -2.44. The average Bonchev–Trinajstić information content (AvgIpc) is 3.28. The van der Waals surface area contributed by atoms with Crippen molar-refractivity contribution < 1.29 is 14.3 Å². The molecule has 0 aromatic rings. The number of ether oxygens (including phenoxy) is 2. The molecular formula is C15H28N2O3. The summed E-state index contributed by atoms with van der Waals surface area (Å²) in [6.07, 6.45) is 5.85. The van der Waals surface area contributed by atoms with Crippen LogP contribution < -0.4 is 5.32 Å². The molecule has 1 N–H and O–H groups in total. The summed E-state index contributed by atoms with van der Waals surface area (Å²) in [4.78, 5) is 14.2. The number of hydrogen-bond donors (Lipinski definition) is 1. The highest BCUT2D eigenvalue weighted by Gasteiger charge is 2.29. The molecule has 0 bridgehead atoms. The van der Waals surface area contributed by atoms with Crippen LogP contribution in [0.1, 0.15) is 39.0 Å². The molecule has 0 aromatic carbocycles. The highest BCUT2D eigenvalue weighted by molar-refractivity contribution is 5.75. The van der Waals surface area contributed by atoms with Crippen LogP contribution in [-0.2, 0) is 14.3 Å². The first-order valence-electron chi connectivity index (χ1n) is 7.90. The molecular weight excluding hydrogens is 256 g/mol. The minimum Gasteiger partial charge on any atom is -0.468 e. The van der Waals surface area contributed by atoms with Crippen molar-refractivity contribution in [1.82, 2.24) is 10.2 Å². The third kappa shape index (κ3) is 5.04. The molecule has 1 heterocycles. The summed E-state index contributed by atoms with van der Waals surface area (Å²) in [5.74, 6) is -0.124. The molecule has 1 atom stereocenters. The molecule has 1 aliphatic heterocycles. The smallest absolute Gasteiger partial charge is 0.322 e. The number of hydrogen-bond acceptors (Lipinski definition) is 5. The molecule has 2 rings (SSSR count). The Morgan fingerprint density at radius 2 is 2.00 bits per heavy atom. The predicted molar refractivity (Wildman–Crippen MR) is 77.7 cm³/mol. The third-order valence-corrected chi connectivity index (χ3v) is 4.17. The van der Waals surface area contributed by atoms with Gasteiger partial charge in [0, 0.05) is 32.3 Å². The molecule has 2 fully saturated rings. The van der Waals surface area contributed by atoms with Crippen molar-refractivity contribution in [3.8, 4) is 0 Å². The topological polar surface area (TPSA) is 50.8 Å². The maximum Gasteiger partial charge on any atom is 0.322 e. The lowest BCUT2D eigenvalue weighted by molar-refractivity contribution is -0.143. The van der Waals surface area contributed by atoms with Gasteiger partial charge >= 0.3 is 5.97 Å². The van der Waals surface area contributed by atoms with Crippen molar-refractivity contribution >= 4 is 5.97 Å². The molecule has 0 radical (unpaired) electrons. The number of nitrogens with zero attached hydrogens (tertiary/aromatic N) is 1. The number of likely N-dealkylation sites (tertiary alicyclic amines) is 1. The van der Waals surface area contributed by atoms with Gasteiger partial charge in [0.25, 0.3) is 0 Å². The van der Waals surface area contributed by atoms with Crippen LogP contribution in [0, 0.1) is 0 Å². The van der Waals surface area contributed by atoms with Crippen molar-refractivity contribution in [1.29, 1.82) is 0 Å². The largest absolute Gasteiger partial charge is 0.468 e. The second-order valence-electron chi connectivity index (χ2n) is 5.80. The minimum atomic E-state index is -0.142. The van der Waals surface area contributed by atoms with E-state index >= 15 is 0 Å². The molecule has 0 amide bonds. The van der Waals surface area contributed by atoms with Crippen LogP contribution in [0.25, 0.3) is 0 Å². The molecule has 2 aliphatic rings. The van der Waals surface area contributed by atoms with Crippen LogP contribution in [0.5, 0.6) is 0 Å². The SMILES string of the molecule is CCOC1CCN(CCC(NC2CC2)C(=O)OC)CC1. The number of carbonyl (C=O) groups is 1. The first-order chi connectivity index (χ1) is 9.72. The Morgan fingerprint density at radius 3 is 2.55 bits per heavy atom. The van der Waals surface area contributed by atoms with Crippen molar-refractivity contribution in [2.75, 3.05) is 33.4 Å². The molecule has 1 saturated carbocycles. The van der Waals surface area contributed by atoms with E-state index in [4.69, 9.17) is 9.47 Å². The average molecular weight is 284 g/mol. The van der Waals surface area contributed by atoms with E-state index in [1.807, 2.05) is 0 Å². The Morgan fingerprint density at radius 1 is 1.30 bits per heavy atom. The van der Waals surface area contributed by atoms with Crippen LogP contribution in [-0.4, -0.2) is 62.4 Å². The zero-order valence-corrected chi connectivity index (χ0v) is 12.8. The van der Waals surface area contributed by atoms with E-state index < -0.39 is 0 Å². The van der Waals surface area contributed by atoms with Gasteiger partial charge in [-0.3, -0.25) is 4.79 Å². The van der Waals surface area contributed by atoms with Gasteiger partial charge in [0.05, 0.1) is 13.2 Å². The summed E-state index contributed by atoms with van der Waals surface area (Å²) >= 11 is 0. The van der Waals surface area contributed by atoms with E-state index in [0.717, 1.165) is 45.5 Å². The minimum absolute atomic E-state index is 0.124. The number of nitrogens with one attached hydrogen (secondary N) is 1. The van der Waals surface area contributed by atoms with Crippen LogP contribution in [0.3, 0.4) is 0 Å². The highest BCUT2D eigenvalue weighted by atomic mass is 16.5. The van der Waals surface area contributed by atoms with Gasteiger partial charge in [0.1, 0.15) is 6.04 Å². The summed E-state index contributed by atoms with van der Waals surface area (Å²) in [7, 11) is 1.47. The monoisotopic (exact) mass is 284 g/mol. The summed E-state index contributed by atoms with van der Waals surface area (Å²) in [5.41, 5.74) is 0. The fourth-order valence-corrected chi connectivity index (χ4v) is 2.79. The number of esters is 1. The Bertz CT molecular complexity index is 299. The van der Waals surface area contributed by atoms with Crippen LogP contribution in [0.2, 0.25) is 0 Å². The van der Waals surface area contributed by atoms with Crippen LogP contribution in [0.15, 0.2) is 0 Å². The number of rotatable bonds is 8. The summed E-state index contributed by atoms with van der Waals surface area (Å²) in [5, 5.41) is 3.38. The van der Waals surface area contributed by atoms with Gasteiger partial charge in [-0.1, -0.05) is 0 Å². The first-order valence-corrected chi connectivity index (χ1v) is 7.90. The van der Waals surface area contributed by atoms with E-state index in [9.17, 15) is 4.79 Å². The van der Waals surface area contributed by atoms with Gasteiger partial charge in [-0.25, -0.2) is 0 Å². The van der Waals surface area contributed by atoms with Crippen LogP contribution in [0.4, 0.5) is 0 Å². The predicted octanol–water partition coefficient (Wildman–Crippen LogP) is 1.17. The molecule has 1 unspecified atom stereocenters. The zero-order chi connectivity index (χ0) is 14.4. The maximum atomic E-state index is 11.8. The van der Waals surface area contributed by atoms with Crippen molar-refractivity contribution in [2.24, 2.45) is 0 Å². The van der Waals surface area contributed by atoms with Gasteiger partial charge in [-0.15, -0.1) is 0 Å². The molecule has 0 spiro atoms. The van der Waals surface area contributed by atoms with Crippen molar-refractivity contribution in [2.45, 2.75) is 57.2 Å². The van der Waals surface area contributed by atoms with Gasteiger partial charge in [-0.2, -0.15) is 0 Å². The quantitative estimate of drug-likeness (QED) is 0.678. The fourth-order valence-electron chi connectivity index (χ4n) is 2.79. The summed E-state index contributed by atoms with van der Waals surface area (Å²) in [6.45, 7) is 5.96. The Kier molecular flexibility index (Phi) is 6.26. The van der Waals surface area contributed by atoms with Crippen molar-refractivity contribution in [3.05, 3.63) is 0 Å². The Balaban J connectivity index is 1.68. The lowest BCUT2D eigenvalue weighted by Gasteiger charge is -2.32. The standard InChI is InChI=1S/C15H28N2O3/c1-3-20-13-6-9-17(10-7-13)11-8-14(15(18)19-2)16-12-4-5-12/h12-14,16H,3-11H2,1-2H3. The number of piperidine rings is 1. The second-order valence-corrected chi connectivity index (χ2v) is 5.80. The molecule has 0 aromatic heterocycles. The van der Waals surface area contributed by atoms with Gasteiger partial charge < -0.3 is 19.7 Å². The lowest BCUT2D eigenvalue weighted by atomic mass is 10.1. The first kappa shape index (κ1) is 15.7. The molecule has 5 nitrogen and oxygen atoms in total. The van der Waals surface area contributed by atoms with Crippen LogP contribution >= 0.6 is 0 Å².